The summed E-state index contributed by atoms with van der Waals surface area (Å²) in [5.41, 5.74) is 8.61. The van der Waals surface area contributed by atoms with Crippen molar-refractivity contribution < 1.29 is 0 Å². The van der Waals surface area contributed by atoms with Crippen LogP contribution in [0.2, 0.25) is 0 Å². The van der Waals surface area contributed by atoms with Gasteiger partial charge in [-0.05, 0) is 74.1 Å². The van der Waals surface area contributed by atoms with Crippen LogP contribution in [-0.4, -0.2) is 4.57 Å². The molecular weight excluding hydrogens is 470 g/mol. The third-order valence-electron chi connectivity index (χ3n) is 7.98. The lowest BCUT2D eigenvalue weighted by Gasteiger charge is -2.10. The molecule has 8 rings (SSSR count). The molecule has 0 saturated heterocycles. The Balaban J connectivity index is 1.25. The second kappa shape index (κ2) is 8.72. The van der Waals surface area contributed by atoms with Gasteiger partial charge in [-0.1, -0.05) is 121 Å². The molecule has 0 spiro atoms. The number of para-hydroxylation sites is 1. The van der Waals surface area contributed by atoms with Crippen molar-refractivity contribution in [2.24, 2.45) is 0 Å². The maximum Gasteiger partial charge on any atom is 0.0541 e. The van der Waals surface area contributed by atoms with Gasteiger partial charge in [0.25, 0.3) is 0 Å². The molecule has 0 aliphatic carbocycles. The van der Waals surface area contributed by atoms with Crippen LogP contribution in [0.5, 0.6) is 0 Å². The van der Waals surface area contributed by atoms with Gasteiger partial charge < -0.3 is 4.57 Å². The van der Waals surface area contributed by atoms with Crippen LogP contribution in [0.25, 0.3) is 71.3 Å². The van der Waals surface area contributed by atoms with E-state index in [1.807, 2.05) is 0 Å². The molecule has 0 aliphatic rings. The van der Waals surface area contributed by atoms with Crippen molar-refractivity contribution in [1.82, 2.24) is 4.57 Å². The van der Waals surface area contributed by atoms with Gasteiger partial charge in [-0.15, -0.1) is 0 Å². The molecule has 0 atom stereocenters. The van der Waals surface area contributed by atoms with Gasteiger partial charge in [0.15, 0.2) is 0 Å². The lowest BCUT2D eigenvalue weighted by molar-refractivity contribution is 1.19. The number of rotatable bonds is 3. The normalized spacial score (nSPS) is 11.6. The zero-order valence-electron chi connectivity index (χ0n) is 21.4. The number of aromatic nitrogens is 1. The zero-order valence-corrected chi connectivity index (χ0v) is 21.4. The smallest absolute Gasteiger partial charge is 0.0541 e. The van der Waals surface area contributed by atoms with Crippen LogP contribution in [-0.2, 0) is 0 Å². The van der Waals surface area contributed by atoms with Crippen LogP contribution < -0.4 is 0 Å². The first-order valence-electron chi connectivity index (χ1n) is 13.4. The van der Waals surface area contributed by atoms with E-state index < -0.39 is 0 Å². The Labute approximate surface area is 227 Å². The molecule has 8 aromatic rings. The van der Waals surface area contributed by atoms with Crippen LogP contribution in [0.15, 0.2) is 152 Å². The molecule has 0 bridgehead atoms. The van der Waals surface area contributed by atoms with E-state index in [9.17, 15) is 0 Å². The summed E-state index contributed by atoms with van der Waals surface area (Å²) in [4.78, 5) is 0. The number of fused-ring (bicyclic) bond motifs is 5. The predicted molar refractivity (Wildman–Crippen MR) is 167 cm³/mol. The van der Waals surface area contributed by atoms with E-state index in [0.717, 1.165) is 0 Å². The minimum absolute atomic E-state index is 1.19. The molecule has 1 aromatic heterocycles. The molecule has 39 heavy (non-hydrogen) atoms. The second-order valence-corrected chi connectivity index (χ2v) is 10.2. The molecule has 0 aliphatic heterocycles. The summed E-state index contributed by atoms with van der Waals surface area (Å²) in [7, 11) is 0. The molecule has 0 N–H and O–H groups in total. The number of hydrogen-bond donors (Lipinski definition) is 0. The average Bonchev–Trinajstić information content (AvgIpc) is 3.34. The van der Waals surface area contributed by atoms with Crippen molar-refractivity contribution in [2.75, 3.05) is 0 Å². The lowest BCUT2D eigenvalue weighted by atomic mass is 9.96. The second-order valence-electron chi connectivity index (χ2n) is 10.2. The highest BCUT2D eigenvalue weighted by atomic mass is 15.0. The topological polar surface area (TPSA) is 4.93 Å². The van der Waals surface area contributed by atoms with Crippen LogP contribution in [0.1, 0.15) is 0 Å². The van der Waals surface area contributed by atoms with Crippen molar-refractivity contribution in [3.63, 3.8) is 0 Å². The standard InChI is InChI=1S/C38H25N/c1-2-10-30-24-32(22-20-26(30)8-1)39-37-15-6-5-13-35(37)36-25-31(21-23-38(36)39)27-16-18-29(19-17-27)34-14-7-11-28-9-3-4-12-33(28)34/h1-25H. The first-order valence-corrected chi connectivity index (χ1v) is 13.4. The summed E-state index contributed by atoms with van der Waals surface area (Å²) in [6.45, 7) is 0. The largest absolute Gasteiger partial charge is 0.309 e. The molecule has 0 amide bonds. The summed E-state index contributed by atoms with van der Waals surface area (Å²) in [6, 6.07) is 55.0. The quantitative estimate of drug-likeness (QED) is 0.230. The Morgan fingerprint density at radius 3 is 1.85 bits per heavy atom. The van der Waals surface area contributed by atoms with E-state index in [-0.39, 0.29) is 0 Å². The van der Waals surface area contributed by atoms with Gasteiger partial charge in [0, 0.05) is 16.5 Å². The van der Waals surface area contributed by atoms with Crippen molar-refractivity contribution in [3.8, 4) is 27.9 Å². The summed E-state index contributed by atoms with van der Waals surface area (Å²) in [5.74, 6) is 0. The van der Waals surface area contributed by atoms with Crippen molar-refractivity contribution in [2.45, 2.75) is 0 Å². The molecule has 0 fully saturated rings. The van der Waals surface area contributed by atoms with Crippen LogP contribution >= 0.6 is 0 Å². The van der Waals surface area contributed by atoms with E-state index in [0.29, 0.717) is 0 Å². The van der Waals surface area contributed by atoms with Crippen molar-refractivity contribution in [1.29, 1.82) is 0 Å². The highest BCUT2D eigenvalue weighted by molar-refractivity contribution is 6.10. The number of hydrogen-bond acceptors (Lipinski definition) is 0. The van der Waals surface area contributed by atoms with Crippen molar-refractivity contribution in [3.05, 3.63) is 152 Å². The monoisotopic (exact) mass is 495 g/mol. The predicted octanol–water partition coefficient (Wildman–Crippen LogP) is 10.4. The molecule has 182 valence electrons. The van der Waals surface area contributed by atoms with Gasteiger partial charge in [0.1, 0.15) is 0 Å². The van der Waals surface area contributed by atoms with Gasteiger partial charge in [0.2, 0.25) is 0 Å². The minimum Gasteiger partial charge on any atom is -0.309 e. The maximum atomic E-state index is 2.39. The fraction of sp³-hybridized carbons (Fsp3) is 0. The third-order valence-corrected chi connectivity index (χ3v) is 7.98. The Hall–Kier alpha value is -5.14. The van der Waals surface area contributed by atoms with Crippen LogP contribution in [0, 0.1) is 0 Å². The highest BCUT2D eigenvalue weighted by Crippen LogP contribution is 2.36. The molecule has 1 heteroatoms. The lowest BCUT2D eigenvalue weighted by Crippen LogP contribution is -1.93. The maximum absolute atomic E-state index is 2.39. The van der Waals surface area contributed by atoms with Gasteiger partial charge >= 0.3 is 0 Å². The van der Waals surface area contributed by atoms with Gasteiger partial charge in [0.05, 0.1) is 11.0 Å². The van der Waals surface area contributed by atoms with E-state index in [2.05, 4.69) is 156 Å². The molecule has 0 unspecified atom stereocenters. The third kappa shape index (κ3) is 3.55. The van der Waals surface area contributed by atoms with E-state index in [4.69, 9.17) is 0 Å². The fourth-order valence-corrected chi connectivity index (χ4v) is 6.07. The zero-order chi connectivity index (χ0) is 25.8. The SMILES string of the molecule is c1ccc2cc(-n3c4ccccc4c4cc(-c5ccc(-c6cccc7ccccc67)cc5)ccc43)ccc2c1. The Morgan fingerprint density at radius 1 is 0.333 bits per heavy atom. The highest BCUT2D eigenvalue weighted by Gasteiger charge is 2.14. The molecule has 1 heterocycles. The Kier molecular flexibility index (Phi) is 4.89. The first kappa shape index (κ1) is 21.9. The summed E-state index contributed by atoms with van der Waals surface area (Å²) >= 11 is 0. The minimum atomic E-state index is 1.19. The van der Waals surface area contributed by atoms with E-state index in [1.54, 1.807) is 0 Å². The number of benzene rings is 7. The first-order chi connectivity index (χ1) is 19.3. The fourth-order valence-electron chi connectivity index (χ4n) is 6.07. The van der Waals surface area contributed by atoms with Crippen molar-refractivity contribution >= 4 is 43.4 Å². The van der Waals surface area contributed by atoms with Gasteiger partial charge in [-0.2, -0.15) is 0 Å². The molecule has 0 saturated carbocycles. The summed E-state index contributed by atoms with van der Waals surface area (Å²) in [6.07, 6.45) is 0. The van der Waals surface area contributed by atoms with E-state index in [1.165, 1.54) is 71.3 Å². The van der Waals surface area contributed by atoms with Gasteiger partial charge in [-0.3, -0.25) is 0 Å². The summed E-state index contributed by atoms with van der Waals surface area (Å²) < 4.78 is 2.39. The Morgan fingerprint density at radius 2 is 0.974 bits per heavy atom. The van der Waals surface area contributed by atoms with Crippen LogP contribution in [0.3, 0.4) is 0 Å². The number of nitrogens with zero attached hydrogens (tertiary/aromatic N) is 1. The molecule has 7 aromatic carbocycles. The Bertz CT molecular complexity index is 2160. The van der Waals surface area contributed by atoms with Crippen LogP contribution in [0.4, 0.5) is 0 Å². The molecule has 0 radical (unpaired) electrons. The van der Waals surface area contributed by atoms with E-state index >= 15 is 0 Å². The average molecular weight is 496 g/mol. The van der Waals surface area contributed by atoms with Gasteiger partial charge in [-0.25, -0.2) is 0 Å². The molecule has 1 nitrogen and oxygen atoms in total. The summed E-state index contributed by atoms with van der Waals surface area (Å²) in [5, 5.41) is 7.62. The molecular formula is C38H25N.